The van der Waals surface area contributed by atoms with E-state index >= 15 is 0 Å². The number of nitrogens with two attached hydrogens (primary N) is 1. The molecular weight excluding hydrogens is 537 g/mol. The standard InChI is InChI=1S/C24H17Cl2N7O3S/c1-24(9-14-2-4-15(5-3-14)19-11-29-13-31-20(19)10-27)22(34)32(18-7-16(25)6-17(26)8-18)23-30-12-21(33(23)24)37(28,35)36/h2-8,11-13H,9H2,1H3,(H2,28,35,36). The fraction of sp³-hybridized carbons (Fsp3) is 0.125. The molecule has 1 aliphatic heterocycles. The first-order chi connectivity index (χ1) is 17.5. The van der Waals surface area contributed by atoms with Crippen molar-refractivity contribution in [2.24, 2.45) is 5.14 Å². The molecule has 0 radical (unpaired) electrons. The molecule has 0 saturated carbocycles. The number of carbonyl (C=O) groups is 1. The second-order valence-electron chi connectivity index (χ2n) is 8.59. The van der Waals surface area contributed by atoms with Gasteiger partial charge in [-0.05, 0) is 36.2 Å². The monoisotopic (exact) mass is 553 g/mol. The van der Waals surface area contributed by atoms with E-state index < -0.39 is 21.5 Å². The second kappa shape index (κ2) is 8.93. The van der Waals surface area contributed by atoms with Gasteiger partial charge in [-0.3, -0.25) is 9.36 Å². The predicted octanol–water partition coefficient (Wildman–Crippen LogP) is 3.80. The zero-order chi connectivity index (χ0) is 26.5. The summed E-state index contributed by atoms with van der Waals surface area (Å²) in [4.78, 5) is 27.4. The van der Waals surface area contributed by atoms with Gasteiger partial charge in [0.2, 0.25) is 5.95 Å². The molecule has 3 heterocycles. The van der Waals surface area contributed by atoms with Crippen molar-refractivity contribution in [1.29, 1.82) is 5.26 Å². The molecule has 37 heavy (non-hydrogen) atoms. The van der Waals surface area contributed by atoms with E-state index in [1.54, 1.807) is 37.4 Å². The molecule has 1 unspecified atom stereocenters. The largest absolute Gasteiger partial charge is 0.284 e. The smallest absolute Gasteiger partial charge is 0.260 e. The normalized spacial score (nSPS) is 17.1. The van der Waals surface area contributed by atoms with Crippen LogP contribution in [-0.2, 0) is 26.8 Å². The van der Waals surface area contributed by atoms with Crippen molar-refractivity contribution in [3.05, 3.63) is 82.5 Å². The summed E-state index contributed by atoms with van der Waals surface area (Å²) in [7, 11) is -4.22. The Hall–Kier alpha value is -3.82. The predicted molar refractivity (Wildman–Crippen MR) is 137 cm³/mol. The minimum Gasteiger partial charge on any atom is -0.284 e. The molecule has 1 amide bonds. The van der Waals surface area contributed by atoms with Crippen molar-refractivity contribution >= 4 is 50.8 Å². The van der Waals surface area contributed by atoms with Crippen LogP contribution in [0.4, 0.5) is 11.6 Å². The second-order valence-corrected chi connectivity index (χ2v) is 11.0. The zero-order valence-corrected chi connectivity index (χ0v) is 21.5. The Bertz CT molecular complexity index is 1690. The number of fused-ring (bicyclic) bond motifs is 1. The highest BCUT2D eigenvalue weighted by atomic mass is 35.5. The summed E-state index contributed by atoms with van der Waals surface area (Å²) >= 11 is 12.3. The highest BCUT2D eigenvalue weighted by Crippen LogP contribution is 2.44. The van der Waals surface area contributed by atoms with Crippen molar-refractivity contribution in [2.75, 3.05) is 4.90 Å². The van der Waals surface area contributed by atoms with Crippen molar-refractivity contribution in [2.45, 2.75) is 23.9 Å². The third kappa shape index (κ3) is 4.24. The number of anilines is 2. The number of amides is 1. The van der Waals surface area contributed by atoms with Crippen LogP contribution in [0.1, 0.15) is 18.2 Å². The van der Waals surface area contributed by atoms with Gasteiger partial charge in [0.1, 0.15) is 17.9 Å². The Morgan fingerprint density at radius 3 is 2.38 bits per heavy atom. The number of nitriles is 1. The van der Waals surface area contributed by atoms with Gasteiger partial charge in [-0.15, -0.1) is 0 Å². The highest BCUT2D eigenvalue weighted by Gasteiger charge is 2.51. The summed E-state index contributed by atoms with van der Waals surface area (Å²) in [6, 6.07) is 13.8. The number of hydrogen-bond donors (Lipinski definition) is 1. The molecule has 1 aliphatic rings. The summed E-state index contributed by atoms with van der Waals surface area (Å²) in [5.41, 5.74) is 1.17. The van der Waals surface area contributed by atoms with Crippen molar-refractivity contribution in [3.8, 4) is 17.2 Å². The Morgan fingerprint density at radius 1 is 1.08 bits per heavy atom. The third-order valence-electron chi connectivity index (χ3n) is 6.10. The van der Waals surface area contributed by atoms with E-state index in [9.17, 15) is 18.5 Å². The number of nitrogens with zero attached hydrogens (tertiary/aromatic N) is 6. The molecule has 10 nitrogen and oxygen atoms in total. The molecule has 0 bridgehead atoms. The molecule has 0 aliphatic carbocycles. The van der Waals surface area contributed by atoms with E-state index in [-0.39, 0.29) is 23.1 Å². The SMILES string of the molecule is CC1(Cc2ccc(-c3cncnc3C#N)cc2)C(=O)N(c2cc(Cl)cc(Cl)c2)c2ncc(S(N)(=O)=O)n21. The van der Waals surface area contributed by atoms with Crippen LogP contribution in [0.3, 0.4) is 0 Å². The summed E-state index contributed by atoms with van der Waals surface area (Å²) < 4.78 is 26.2. The van der Waals surface area contributed by atoms with Crippen molar-refractivity contribution in [3.63, 3.8) is 0 Å². The Labute approximate surface area is 222 Å². The molecule has 2 N–H and O–H groups in total. The van der Waals surface area contributed by atoms with Crippen LogP contribution in [-0.4, -0.2) is 33.8 Å². The van der Waals surface area contributed by atoms with Gasteiger partial charge in [-0.2, -0.15) is 5.26 Å². The van der Waals surface area contributed by atoms with Gasteiger partial charge in [0.25, 0.3) is 15.9 Å². The lowest BCUT2D eigenvalue weighted by Gasteiger charge is -2.26. The number of primary sulfonamides is 1. The van der Waals surface area contributed by atoms with E-state index in [2.05, 4.69) is 15.0 Å². The highest BCUT2D eigenvalue weighted by molar-refractivity contribution is 7.89. The van der Waals surface area contributed by atoms with E-state index in [1.807, 2.05) is 6.07 Å². The molecule has 0 saturated heterocycles. The van der Waals surface area contributed by atoms with Crippen molar-refractivity contribution in [1.82, 2.24) is 19.5 Å². The lowest BCUT2D eigenvalue weighted by Crippen LogP contribution is -2.42. The van der Waals surface area contributed by atoms with Crippen LogP contribution in [0.2, 0.25) is 10.0 Å². The maximum Gasteiger partial charge on any atom is 0.260 e. The number of carbonyl (C=O) groups excluding carboxylic acids is 1. The Balaban J connectivity index is 1.60. The first-order valence-corrected chi connectivity index (χ1v) is 13.0. The topological polar surface area (TPSA) is 148 Å². The van der Waals surface area contributed by atoms with E-state index in [0.717, 1.165) is 11.8 Å². The molecule has 1 atom stereocenters. The number of sulfonamides is 1. The van der Waals surface area contributed by atoms with Crippen LogP contribution < -0.4 is 10.0 Å². The van der Waals surface area contributed by atoms with Crippen LogP contribution in [0, 0.1) is 11.3 Å². The number of rotatable bonds is 5. The molecule has 2 aromatic carbocycles. The summed E-state index contributed by atoms with van der Waals surface area (Å²) in [6.07, 6.45) is 4.08. The maximum absolute atomic E-state index is 13.9. The van der Waals surface area contributed by atoms with Gasteiger partial charge in [0.05, 0.1) is 11.9 Å². The molecule has 13 heteroatoms. The lowest BCUT2D eigenvalue weighted by atomic mass is 9.91. The number of aromatic nitrogens is 4. The van der Waals surface area contributed by atoms with Crippen LogP contribution in [0.5, 0.6) is 0 Å². The molecule has 4 aromatic rings. The molecule has 2 aromatic heterocycles. The first-order valence-electron chi connectivity index (χ1n) is 10.7. The molecule has 0 fully saturated rings. The number of benzene rings is 2. The fourth-order valence-electron chi connectivity index (χ4n) is 4.46. The van der Waals surface area contributed by atoms with E-state index in [1.165, 1.54) is 34.0 Å². The first kappa shape index (κ1) is 24.9. The van der Waals surface area contributed by atoms with Gasteiger partial charge < -0.3 is 0 Å². The Morgan fingerprint density at radius 2 is 1.76 bits per heavy atom. The van der Waals surface area contributed by atoms with Crippen molar-refractivity contribution < 1.29 is 13.2 Å². The number of hydrogen-bond acceptors (Lipinski definition) is 7. The lowest BCUT2D eigenvalue weighted by molar-refractivity contribution is -0.124. The van der Waals surface area contributed by atoms with Crippen LogP contribution >= 0.6 is 23.2 Å². The summed E-state index contributed by atoms with van der Waals surface area (Å²) in [5.74, 6) is -0.363. The zero-order valence-electron chi connectivity index (χ0n) is 19.1. The van der Waals surface area contributed by atoms with E-state index in [4.69, 9.17) is 28.3 Å². The quantitative estimate of drug-likeness (QED) is 0.395. The number of halogens is 2. The number of imidazole rings is 1. The Kier molecular flexibility index (Phi) is 6.00. The van der Waals surface area contributed by atoms with Crippen LogP contribution in [0.25, 0.3) is 11.1 Å². The third-order valence-corrected chi connectivity index (χ3v) is 7.40. The van der Waals surface area contributed by atoms with Gasteiger partial charge in [-0.1, -0.05) is 47.5 Å². The average molecular weight is 554 g/mol. The minimum atomic E-state index is -4.22. The average Bonchev–Trinajstić information content (AvgIpc) is 3.37. The summed E-state index contributed by atoms with van der Waals surface area (Å²) in [6.45, 7) is 1.62. The van der Waals surface area contributed by atoms with Gasteiger partial charge >= 0.3 is 0 Å². The van der Waals surface area contributed by atoms with Gasteiger partial charge in [-0.25, -0.2) is 33.4 Å². The molecular formula is C24H17Cl2N7O3S. The van der Waals surface area contributed by atoms with Crippen LogP contribution in [0.15, 0.2) is 66.2 Å². The molecule has 5 rings (SSSR count). The van der Waals surface area contributed by atoms with Gasteiger partial charge in [0.15, 0.2) is 10.7 Å². The summed E-state index contributed by atoms with van der Waals surface area (Å²) in [5, 5.41) is 15.1. The van der Waals surface area contributed by atoms with E-state index in [0.29, 0.717) is 26.9 Å². The fourth-order valence-corrected chi connectivity index (χ4v) is 5.71. The minimum absolute atomic E-state index is 0.0755. The van der Waals surface area contributed by atoms with Gasteiger partial charge in [0, 0.05) is 28.2 Å². The molecule has 0 spiro atoms. The maximum atomic E-state index is 13.9. The molecule has 186 valence electrons.